The molecule has 1 fully saturated rings. The highest BCUT2D eigenvalue weighted by Gasteiger charge is 2.34. The van der Waals surface area contributed by atoms with E-state index in [1.54, 1.807) is 6.92 Å². The van der Waals surface area contributed by atoms with Gasteiger partial charge < -0.3 is 5.11 Å². The molecule has 1 aromatic rings. The number of hydrogen-bond donors (Lipinski definition) is 1. The smallest absolute Gasteiger partial charge is 0.133 e. The van der Waals surface area contributed by atoms with Crippen molar-refractivity contribution in [3.05, 3.63) is 11.9 Å². The van der Waals surface area contributed by atoms with Gasteiger partial charge in [0, 0.05) is 25.1 Å². The molecule has 0 spiro atoms. The summed E-state index contributed by atoms with van der Waals surface area (Å²) in [4.78, 5) is 11.0. The van der Waals surface area contributed by atoms with Crippen molar-refractivity contribution in [2.24, 2.45) is 5.92 Å². The number of aromatic nitrogens is 3. The third-order valence-electron chi connectivity index (χ3n) is 2.99. The van der Waals surface area contributed by atoms with Gasteiger partial charge in [0.2, 0.25) is 0 Å². The van der Waals surface area contributed by atoms with E-state index in [4.69, 9.17) is 5.11 Å². The SMILES string of the molecule is CC(=O)C1CC(n2cc(CCO)nn2)C1. The Bertz CT molecular complexity index is 355. The Morgan fingerprint density at radius 2 is 2.40 bits per heavy atom. The van der Waals surface area contributed by atoms with Gasteiger partial charge in [-0.25, -0.2) is 4.68 Å². The van der Waals surface area contributed by atoms with E-state index in [9.17, 15) is 4.79 Å². The molecule has 0 aliphatic heterocycles. The summed E-state index contributed by atoms with van der Waals surface area (Å²) in [5.74, 6) is 0.474. The highest BCUT2D eigenvalue weighted by atomic mass is 16.3. The van der Waals surface area contributed by atoms with Crippen molar-refractivity contribution in [3.63, 3.8) is 0 Å². The summed E-state index contributed by atoms with van der Waals surface area (Å²) in [7, 11) is 0. The van der Waals surface area contributed by atoms with Crippen LogP contribution in [-0.4, -0.2) is 32.5 Å². The second-order valence-corrected chi connectivity index (χ2v) is 4.10. The van der Waals surface area contributed by atoms with E-state index in [0.29, 0.717) is 12.5 Å². The van der Waals surface area contributed by atoms with Gasteiger partial charge in [-0.3, -0.25) is 4.79 Å². The van der Waals surface area contributed by atoms with E-state index in [1.165, 1.54) is 0 Å². The van der Waals surface area contributed by atoms with Gasteiger partial charge in [0.25, 0.3) is 0 Å². The number of carbonyl (C=O) groups is 1. The van der Waals surface area contributed by atoms with E-state index >= 15 is 0 Å². The normalized spacial score (nSPS) is 24.9. The first-order chi connectivity index (χ1) is 7.20. The van der Waals surface area contributed by atoms with Gasteiger partial charge in [0.1, 0.15) is 5.78 Å². The quantitative estimate of drug-likeness (QED) is 0.777. The average Bonchev–Trinajstić information content (AvgIpc) is 2.50. The fourth-order valence-corrected chi connectivity index (χ4v) is 1.86. The summed E-state index contributed by atoms with van der Waals surface area (Å²) in [6.45, 7) is 1.73. The van der Waals surface area contributed by atoms with E-state index in [0.717, 1.165) is 18.5 Å². The molecule has 2 rings (SSSR count). The summed E-state index contributed by atoms with van der Waals surface area (Å²) in [6.07, 6.45) is 4.15. The monoisotopic (exact) mass is 209 g/mol. The van der Waals surface area contributed by atoms with Gasteiger partial charge in [-0.05, 0) is 19.8 Å². The fraction of sp³-hybridized carbons (Fsp3) is 0.700. The van der Waals surface area contributed by atoms with Crippen LogP contribution in [0.5, 0.6) is 0 Å². The van der Waals surface area contributed by atoms with E-state index in [2.05, 4.69) is 10.3 Å². The van der Waals surface area contributed by atoms with Crippen molar-refractivity contribution >= 4 is 5.78 Å². The zero-order valence-corrected chi connectivity index (χ0v) is 8.76. The molecule has 0 saturated heterocycles. The summed E-state index contributed by atoms with van der Waals surface area (Å²) in [5, 5.41) is 16.7. The van der Waals surface area contributed by atoms with Crippen LogP contribution < -0.4 is 0 Å². The van der Waals surface area contributed by atoms with Crippen LogP contribution in [0.15, 0.2) is 6.20 Å². The fourth-order valence-electron chi connectivity index (χ4n) is 1.86. The van der Waals surface area contributed by atoms with Crippen LogP contribution in [0.3, 0.4) is 0 Å². The maximum atomic E-state index is 11.0. The Balaban J connectivity index is 1.92. The molecule has 0 unspecified atom stereocenters. The zero-order chi connectivity index (χ0) is 10.8. The lowest BCUT2D eigenvalue weighted by Crippen LogP contribution is -2.31. The minimum Gasteiger partial charge on any atom is -0.396 e. The molecule has 1 N–H and O–H groups in total. The first-order valence-electron chi connectivity index (χ1n) is 5.22. The Hall–Kier alpha value is -1.23. The van der Waals surface area contributed by atoms with Crippen molar-refractivity contribution in [1.29, 1.82) is 0 Å². The van der Waals surface area contributed by atoms with Gasteiger partial charge in [-0.15, -0.1) is 5.10 Å². The molecule has 0 aromatic carbocycles. The van der Waals surface area contributed by atoms with Gasteiger partial charge in [0.05, 0.1) is 11.7 Å². The maximum absolute atomic E-state index is 11.0. The van der Waals surface area contributed by atoms with Crippen molar-refractivity contribution < 1.29 is 9.90 Å². The lowest BCUT2D eigenvalue weighted by Gasteiger charge is -2.33. The molecular weight excluding hydrogens is 194 g/mol. The van der Waals surface area contributed by atoms with Crippen LogP contribution in [0.25, 0.3) is 0 Å². The third-order valence-corrected chi connectivity index (χ3v) is 2.99. The first kappa shape index (κ1) is 10.3. The number of carbonyl (C=O) groups excluding carboxylic acids is 1. The average molecular weight is 209 g/mol. The standard InChI is InChI=1S/C10H15N3O2/c1-7(15)8-4-10(5-8)13-6-9(2-3-14)11-12-13/h6,8,10,14H,2-5H2,1H3. The molecule has 0 atom stereocenters. The predicted molar refractivity (Wildman–Crippen MR) is 53.3 cm³/mol. The van der Waals surface area contributed by atoms with Crippen LogP contribution in [0.1, 0.15) is 31.5 Å². The number of aliphatic hydroxyl groups excluding tert-OH is 1. The van der Waals surface area contributed by atoms with Crippen LogP contribution in [0.2, 0.25) is 0 Å². The molecule has 1 aliphatic carbocycles. The third kappa shape index (κ3) is 2.07. The van der Waals surface area contributed by atoms with Gasteiger partial charge in [0.15, 0.2) is 0 Å². The molecule has 0 bridgehead atoms. The molecule has 5 nitrogen and oxygen atoms in total. The van der Waals surface area contributed by atoms with Gasteiger partial charge in [-0.2, -0.15) is 0 Å². The second kappa shape index (κ2) is 4.10. The molecule has 1 heterocycles. The molecule has 0 radical (unpaired) electrons. The Morgan fingerprint density at radius 3 is 3.00 bits per heavy atom. The van der Waals surface area contributed by atoms with Gasteiger partial charge in [-0.1, -0.05) is 5.21 Å². The summed E-state index contributed by atoms with van der Waals surface area (Å²) < 4.78 is 1.81. The van der Waals surface area contributed by atoms with Crippen LogP contribution in [0, 0.1) is 5.92 Å². The Labute approximate surface area is 88.1 Å². The number of ketones is 1. The molecule has 5 heteroatoms. The predicted octanol–water partition coefficient (Wildman–Crippen LogP) is 0.353. The van der Waals surface area contributed by atoms with Crippen LogP contribution in [-0.2, 0) is 11.2 Å². The van der Waals surface area contributed by atoms with Crippen LogP contribution in [0.4, 0.5) is 0 Å². The summed E-state index contributed by atoms with van der Waals surface area (Å²) in [5.41, 5.74) is 0.809. The number of rotatable bonds is 4. The first-order valence-corrected chi connectivity index (χ1v) is 5.22. The summed E-state index contributed by atoms with van der Waals surface area (Å²) >= 11 is 0. The Kier molecular flexibility index (Phi) is 2.81. The maximum Gasteiger partial charge on any atom is 0.133 e. The number of nitrogens with zero attached hydrogens (tertiary/aromatic N) is 3. The largest absolute Gasteiger partial charge is 0.396 e. The van der Waals surface area contributed by atoms with Crippen molar-refractivity contribution in [2.75, 3.05) is 6.61 Å². The lowest BCUT2D eigenvalue weighted by molar-refractivity contribution is -0.124. The molecule has 15 heavy (non-hydrogen) atoms. The lowest BCUT2D eigenvalue weighted by atomic mass is 9.78. The minimum atomic E-state index is 0.0967. The number of Topliss-reactive ketones (excluding diaryl/α,β-unsaturated/α-hetero) is 1. The highest BCUT2D eigenvalue weighted by molar-refractivity contribution is 5.79. The minimum absolute atomic E-state index is 0.0967. The van der Waals surface area contributed by atoms with Gasteiger partial charge >= 0.3 is 0 Å². The molecule has 82 valence electrons. The molecule has 1 aromatic heterocycles. The van der Waals surface area contributed by atoms with E-state index in [-0.39, 0.29) is 18.3 Å². The Morgan fingerprint density at radius 1 is 1.67 bits per heavy atom. The second-order valence-electron chi connectivity index (χ2n) is 4.10. The van der Waals surface area contributed by atoms with Crippen molar-refractivity contribution in [3.8, 4) is 0 Å². The van der Waals surface area contributed by atoms with E-state index in [1.807, 2.05) is 10.9 Å². The highest BCUT2D eigenvalue weighted by Crippen LogP contribution is 2.37. The van der Waals surface area contributed by atoms with E-state index < -0.39 is 0 Å². The van der Waals surface area contributed by atoms with Crippen molar-refractivity contribution in [2.45, 2.75) is 32.2 Å². The number of aliphatic hydroxyl groups is 1. The molecule has 0 amide bonds. The molecular formula is C10H15N3O2. The molecule has 1 saturated carbocycles. The molecule has 1 aliphatic rings. The van der Waals surface area contributed by atoms with Crippen LogP contribution >= 0.6 is 0 Å². The zero-order valence-electron chi connectivity index (χ0n) is 8.76. The number of hydrogen-bond acceptors (Lipinski definition) is 4. The summed E-state index contributed by atoms with van der Waals surface area (Å²) in [6, 6.07) is 0.318. The topological polar surface area (TPSA) is 68.0 Å². The van der Waals surface area contributed by atoms with Crippen molar-refractivity contribution in [1.82, 2.24) is 15.0 Å².